The molecule has 0 heterocycles. The van der Waals surface area contributed by atoms with Gasteiger partial charge in [0.2, 0.25) is 0 Å². The molecule has 3 N–H and O–H groups in total. The molecular weight excluding hydrogens is 468 g/mol. The number of carbonyl (C=O) groups excluding carboxylic acids is 1. The van der Waals surface area contributed by atoms with Gasteiger partial charge in [-0.1, -0.05) is 39.3 Å². The van der Waals surface area contributed by atoms with Crippen molar-refractivity contribution in [2.45, 2.75) is 118 Å². The van der Waals surface area contributed by atoms with Gasteiger partial charge in [-0.3, -0.25) is 4.79 Å². The van der Waals surface area contributed by atoms with Crippen molar-refractivity contribution in [3.8, 4) is 0 Å². The van der Waals surface area contributed by atoms with Gasteiger partial charge in [-0.05, 0) is 111 Å². The third-order valence-electron chi connectivity index (χ3n) is 11.6. The minimum absolute atomic E-state index is 0.0474. The van der Waals surface area contributed by atoms with Crippen molar-refractivity contribution in [1.29, 1.82) is 0 Å². The average molecular weight is 517 g/mol. The largest absolute Gasteiger partial charge is 0.478 e. The lowest BCUT2D eigenvalue weighted by Crippen LogP contribution is -2.65. The van der Waals surface area contributed by atoms with Crippen molar-refractivity contribution in [3.05, 3.63) is 22.8 Å². The molecule has 0 aromatic rings. The van der Waals surface area contributed by atoms with E-state index in [1.807, 2.05) is 19.9 Å². The predicted molar refractivity (Wildman–Crippen MR) is 143 cm³/mol. The molecule has 4 fully saturated rings. The molecule has 4 aliphatic carbocycles. The van der Waals surface area contributed by atoms with Gasteiger partial charge in [-0.2, -0.15) is 0 Å². The standard InChI is InChI=1S/C31H48O6/c1-17(2)9-8-10-20(28(35)36)26-22-15-24(34)27-29(5)13-12-23(33)18(3)21(29)11-14-30(27,6)31(22,7)16-25(26)37-19(4)32/h9,18,21-25,27,33-34H,8,10-16H2,1-7H3,(H,35,36)/b26-20-/t18?,21-,22-,23?,24?,25?,27?,29+,30+,31+/m0/s1. The highest BCUT2D eigenvalue weighted by Gasteiger charge is 2.70. The molecule has 0 saturated heterocycles. The van der Waals surface area contributed by atoms with Gasteiger partial charge in [-0.15, -0.1) is 0 Å². The lowest BCUT2D eigenvalue weighted by molar-refractivity contribution is -0.234. The van der Waals surface area contributed by atoms with Crippen LogP contribution in [0.4, 0.5) is 0 Å². The molecule has 0 aromatic carbocycles. The topological polar surface area (TPSA) is 104 Å². The van der Waals surface area contributed by atoms with Crippen LogP contribution >= 0.6 is 0 Å². The van der Waals surface area contributed by atoms with Crippen molar-refractivity contribution in [1.82, 2.24) is 0 Å². The van der Waals surface area contributed by atoms with Crippen LogP contribution in [0.25, 0.3) is 0 Å². The molecule has 4 aliphatic rings. The zero-order chi connectivity index (χ0) is 27.5. The predicted octanol–water partition coefficient (Wildman–Crippen LogP) is 5.67. The third-order valence-corrected chi connectivity index (χ3v) is 11.6. The van der Waals surface area contributed by atoms with E-state index in [1.54, 1.807) is 0 Å². The SMILES string of the molecule is CC(=O)OC1C[C@]2(C)[C@@H](CC(O)C3[C@]4(C)CCC(O)C(C)[C@@H]4CC[C@]32C)/C1=C(\CCC=C(C)C)C(=O)O. The summed E-state index contributed by atoms with van der Waals surface area (Å²) in [6, 6.07) is 0. The first-order chi connectivity index (χ1) is 17.2. The van der Waals surface area contributed by atoms with Gasteiger partial charge in [0, 0.05) is 12.5 Å². The first-order valence-electron chi connectivity index (χ1n) is 14.3. The molecule has 10 atom stereocenters. The fraction of sp³-hybridized carbons (Fsp3) is 0.806. The van der Waals surface area contributed by atoms with Crippen LogP contribution in [0.2, 0.25) is 0 Å². The summed E-state index contributed by atoms with van der Waals surface area (Å²) >= 11 is 0. The average Bonchev–Trinajstić information content (AvgIpc) is 3.05. The van der Waals surface area contributed by atoms with Gasteiger partial charge in [0.05, 0.1) is 12.2 Å². The fourth-order valence-corrected chi connectivity index (χ4v) is 9.79. The number of fused-ring (bicyclic) bond motifs is 5. The van der Waals surface area contributed by atoms with Gasteiger partial charge >= 0.3 is 11.9 Å². The number of rotatable bonds is 5. The zero-order valence-corrected chi connectivity index (χ0v) is 23.8. The van der Waals surface area contributed by atoms with Gasteiger partial charge < -0.3 is 20.1 Å². The van der Waals surface area contributed by atoms with Crippen LogP contribution in [-0.4, -0.2) is 45.6 Å². The monoisotopic (exact) mass is 516 g/mol. The van der Waals surface area contributed by atoms with E-state index in [4.69, 9.17) is 4.74 Å². The molecule has 0 radical (unpaired) electrons. The Labute approximate surface area is 222 Å². The van der Waals surface area contributed by atoms with E-state index in [0.29, 0.717) is 37.2 Å². The number of carboxylic acids is 1. The number of carboxylic acid groups (broad SMARTS) is 1. The number of carbonyl (C=O) groups is 2. The van der Waals surface area contributed by atoms with Gasteiger partial charge in [-0.25, -0.2) is 4.79 Å². The van der Waals surface area contributed by atoms with Gasteiger partial charge in [0.1, 0.15) is 6.10 Å². The highest BCUT2D eigenvalue weighted by Crippen LogP contribution is 2.74. The second-order valence-electron chi connectivity index (χ2n) is 13.6. The van der Waals surface area contributed by atoms with E-state index in [-0.39, 0.29) is 40.1 Å². The Kier molecular flexibility index (Phi) is 7.53. The van der Waals surface area contributed by atoms with Gasteiger partial charge in [0.25, 0.3) is 0 Å². The summed E-state index contributed by atoms with van der Waals surface area (Å²) in [6.07, 6.45) is 6.22. The highest BCUT2D eigenvalue weighted by molar-refractivity contribution is 5.88. The van der Waals surface area contributed by atoms with E-state index >= 15 is 0 Å². The highest BCUT2D eigenvalue weighted by atomic mass is 16.5. The lowest BCUT2D eigenvalue weighted by Gasteiger charge is -2.69. The summed E-state index contributed by atoms with van der Waals surface area (Å²) in [5, 5.41) is 32.9. The molecule has 6 nitrogen and oxygen atoms in total. The summed E-state index contributed by atoms with van der Waals surface area (Å²) in [5.74, 6) is -0.909. The Morgan fingerprint density at radius 3 is 2.30 bits per heavy atom. The Hall–Kier alpha value is -1.66. The summed E-state index contributed by atoms with van der Waals surface area (Å²) in [5.41, 5.74) is 1.57. The number of esters is 1. The van der Waals surface area contributed by atoms with Crippen LogP contribution in [0.3, 0.4) is 0 Å². The third kappa shape index (κ3) is 4.40. The molecule has 0 aromatic heterocycles. The van der Waals surface area contributed by atoms with Crippen LogP contribution in [0.1, 0.15) is 99.8 Å². The summed E-state index contributed by atoms with van der Waals surface area (Å²) < 4.78 is 5.87. The number of hydrogen-bond acceptors (Lipinski definition) is 5. The van der Waals surface area contributed by atoms with Crippen LogP contribution in [0.15, 0.2) is 22.8 Å². The molecule has 0 spiro atoms. The van der Waals surface area contributed by atoms with E-state index in [1.165, 1.54) is 6.92 Å². The maximum absolute atomic E-state index is 12.6. The molecule has 6 heteroatoms. The minimum Gasteiger partial charge on any atom is -0.478 e. The molecule has 5 unspecified atom stereocenters. The molecule has 4 saturated carbocycles. The quantitative estimate of drug-likeness (QED) is 0.247. The number of aliphatic hydroxyl groups excluding tert-OH is 2. The molecule has 0 amide bonds. The molecule has 37 heavy (non-hydrogen) atoms. The van der Waals surface area contributed by atoms with Crippen LogP contribution in [-0.2, 0) is 14.3 Å². The molecular formula is C31H48O6. The Morgan fingerprint density at radius 2 is 1.70 bits per heavy atom. The lowest BCUT2D eigenvalue weighted by atomic mass is 9.36. The molecule has 0 aliphatic heterocycles. The van der Waals surface area contributed by atoms with Crippen LogP contribution < -0.4 is 0 Å². The number of ether oxygens (including phenoxy) is 1. The Bertz CT molecular complexity index is 994. The van der Waals surface area contributed by atoms with Gasteiger partial charge in [0.15, 0.2) is 0 Å². The van der Waals surface area contributed by atoms with E-state index in [9.17, 15) is 24.9 Å². The fourth-order valence-electron chi connectivity index (χ4n) is 9.79. The smallest absolute Gasteiger partial charge is 0.331 e. The van der Waals surface area contributed by atoms with Crippen molar-refractivity contribution < 1.29 is 29.6 Å². The second-order valence-corrected chi connectivity index (χ2v) is 13.6. The summed E-state index contributed by atoms with van der Waals surface area (Å²) in [7, 11) is 0. The van der Waals surface area contributed by atoms with E-state index in [0.717, 1.165) is 36.8 Å². The van der Waals surface area contributed by atoms with Crippen molar-refractivity contribution in [3.63, 3.8) is 0 Å². The maximum atomic E-state index is 12.6. The van der Waals surface area contributed by atoms with Crippen molar-refractivity contribution >= 4 is 11.9 Å². The summed E-state index contributed by atoms with van der Waals surface area (Å²) in [4.78, 5) is 24.8. The molecule has 0 bridgehead atoms. The van der Waals surface area contributed by atoms with Crippen molar-refractivity contribution in [2.75, 3.05) is 0 Å². The van der Waals surface area contributed by atoms with E-state index in [2.05, 4.69) is 27.7 Å². The van der Waals surface area contributed by atoms with E-state index < -0.39 is 24.1 Å². The zero-order valence-electron chi connectivity index (χ0n) is 23.8. The number of aliphatic hydroxyl groups is 2. The molecule has 208 valence electrons. The first kappa shape index (κ1) is 28.4. The number of hydrogen-bond donors (Lipinski definition) is 3. The first-order valence-corrected chi connectivity index (χ1v) is 14.3. The second kappa shape index (κ2) is 9.82. The summed E-state index contributed by atoms with van der Waals surface area (Å²) in [6.45, 7) is 14.5. The normalized spacial score (nSPS) is 46.2. The number of allylic oxidation sites excluding steroid dienone is 2. The van der Waals surface area contributed by atoms with Crippen LogP contribution in [0, 0.1) is 39.9 Å². The minimum atomic E-state index is -0.953. The Morgan fingerprint density at radius 1 is 1.03 bits per heavy atom. The maximum Gasteiger partial charge on any atom is 0.331 e. The molecule has 4 rings (SSSR count). The Balaban J connectivity index is 1.82. The van der Waals surface area contributed by atoms with Crippen LogP contribution in [0.5, 0.6) is 0 Å². The van der Waals surface area contributed by atoms with Crippen molar-refractivity contribution in [2.24, 2.45) is 39.9 Å². The number of aliphatic carboxylic acids is 1.